The van der Waals surface area contributed by atoms with Crippen LogP contribution < -0.4 is 16.0 Å². The predicted molar refractivity (Wildman–Crippen MR) is 206 cm³/mol. The van der Waals surface area contributed by atoms with Crippen LogP contribution in [0.15, 0.2) is 71.2 Å². The van der Waals surface area contributed by atoms with Crippen molar-refractivity contribution < 1.29 is 43.0 Å². The van der Waals surface area contributed by atoms with Crippen molar-refractivity contribution in [2.45, 2.75) is 96.6 Å². The van der Waals surface area contributed by atoms with Crippen molar-refractivity contribution in [2.24, 2.45) is 0 Å². The summed E-state index contributed by atoms with van der Waals surface area (Å²) in [7, 11) is 1.13. The number of hydrogen-bond acceptors (Lipinski definition) is 9. The van der Waals surface area contributed by atoms with E-state index >= 15 is 0 Å². The normalized spacial score (nSPS) is 13.3. The molecular weight excluding hydrogens is 760 g/mol. The number of ether oxygens (including phenoxy) is 3. The summed E-state index contributed by atoms with van der Waals surface area (Å²) < 4.78 is 16.5. The number of hydrogen-bond donors (Lipinski definition) is 4. The predicted octanol–water partition coefficient (Wildman–Crippen LogP) is 5.42. The molecule has 54 heavy (non-hydrogen) atoms. The molecule has 4 rings (SSSR count). The van der Waals surface area contributed by atoms with Gasteiger partial charge in [-0.25, -0.2) is 4.79 Å². The summed E-state index contributed by atoms with van der Waals surface area (Å²) in [6.07, 6.45) is -0.995. The first kappa shape index (κ1) is 41.5. The monoisotopic (exact) mass is 806 g/mol. The quantitative estimate of drug-likeness (QED) is 0.0956. The van der Waals surface area contributed by atoms with Crippen LogP contribution >= 0.6 is 15.9 Å². The number of benzene rings is 3. The largest absolute Gasteiger partial charge is 0.467 e. The second kappa shape index (κ2) is 17.7. The minimum atomic E-state index is -1.55. The summed E-state index contributed by atoms with van der Waals surface area (Å²) in [6, 6.07) is 16.4. The van der Waals surface area contributed by atoms with Crippen LogP contribution in [-0.2, 0) is 44.6 Å². The first-order valence-corrected chi connectivity index (χ1v) is 18.3. The molecule has 0 aliphatic carbocycles. The van der Waals surface area contributed by atoms with Crippen molar-refractivity contribution in [2.75, 3.05) is 7.11 Å². The molecule has 0 radical (unpaired) electrons. The Labute approximate surface area is 322 Å². The SMILES string of the molecule is COC(=O)[C@H](CCC(=O)OC(C)(C)C)NC(=O)[C@H](CC(=O)OC(C)(C)C)NC(=O)[C@H](Cc1ccc2ccccc2c1)NC(=O)c1cc2cc(Br)ccc2[nH]1. The van der Waals surface area contributed by atoms with Gasteiger partial charge in [-0.15, -0.1) is 0 Å². The third-order valence-corrected chi connectivity index (χ3v) is 8.48. The lowest BCUT2D eigenvalue weighted by molar-refractivity contribution is -0.156. The van der Waals surface area contributed by atoms with Crippen LogP contribution in [0.5, 0.6) is 0 Å². The van der Waals surface area contributed by atoms with E-state index in [9.17, 15) is 28.8 Å². The Balaban J connectivity index is 1.62. The van der Waals surface area contributed by atoms with Gasteiger partial charge in [-0.3, -0.25) is 24.0 Å². The minimum absolute atomic E-state index is 0.0234. The molecule has 4 N–H and O–H groups in total. The number of amides is 3. The number of fused-ring (bicyclic) bond motifs is 2. The van der Waals surface area contributed by atoms with Gasteiger partial charge in [-0.2, -0.15) is 0 Å². The van der Waals surface area contributed by atoms with Gasteiger partial charge in [0.25, 0.3) is 5.91 Å². The van der Waals surface area contributed by atoms with Gasteiger partial charge < -0.3 is 35.1 Å². The number of aromatic nitrogens is 1. The number of methoxy groups -OCH3 is 1. The average Bonchev–Trinajstić information content (AvgIpc) is 3.51. The van der Waals surface area contributed by atoms with Crippen molar-refractivity contribution in [1.29, 1.82) is 0 Å². The average molecular weight is 808 g/mol. The van der Waals surface area contributed by atoms with Crippen molar-refractivity contribution >= 4 is 73.2 Å². The maximum atomic E-state index is 14.2. The highest BCUT2D eigenvalue weighted by atomic mass is 79.9. The summed E-state index contributed by atoms with van der Waals surface area (Å²) in [5, 5.41) is 10.6. The lowest BCUT2D eigenvalue weighted by Crippen LogP contribution is -2.57. The molecule has 1 aromatic heterocycles. The van der Waals surface area contributed by atoms with Crippen molar-refractivity contribution in [3.63, 3.8) is 0 Å². The highest BCUT2D eigenvalue weighted by molar-refractivity contribution is 9.10. The number of aromatic amines is 1. The Kier molecular flexibility index (Phi) is 13.6. The first-order valence-electron chi connectivity index (χ1n) is 17.5. The third-order valence-electron chi connectivity index (χ3n) is 7.99. The van der Waals surface area contributed by atoms with Crippen LogP contribution in [0.1, 0.15) is 76.9 Å². The first-order chi connectivity index (χ1) is 25.3. The zero-order chi connectivity index (χ0) is 39.8. The molecule has 0 bridgehead atoms. The lowest BCUT2D eigenvalue weighted by Gasteiger charge is -2.26. The molecule has 0 unspecified atom stereocenters. The Bertz CT molecular complexity index is 2030. The molecule has 4 aromatic rings. The second-order valence-corrected chi connectivity index (χ2v) is 15.8. The van der Waals surface area contributed by atoms with Crippen molar-refractivity contribution in [1.82, 2.24) is 20.9 Å². The maximum Gasteiger partial charge on any atom is 0.328 e. The topological polar surface area (TPSA) is 182 Å². The summed E-state index contributed by atoms with van der Waals surface area (Å²) in [5.41, 5.74) is -0.0519. The fraction of sp³-hybridized carbons (Fsp3) is 0.400. The van der Waals surface area contributed by atoms with E-state index in [1.165, 1.54) is 0 Å². The summed E-state index contributed by atoms with van der Waals surface area (Å²) >= 11 is 3.43. The number of H-pyrrole nitrogens is 1. The van der Waals surface area contributed by atoms with E-state index in [4.69, 9.17) is 14.2 Å². The molecule has 13 nitrogen and oxygen atoms in total. The fourth-order valence-electron chi connectivity index (χ4n) is 5.62. The van der Waals surface area contributed by atoms with E-state index in [-0.39, 0.29) is 25.0 Å². The zero-order valence-corrected chi connectivity index (χ0v) is 33.0. The molecule has 1 heterocycles. The van der Waals surface area contributed by atoms with Crippen LogP contribution in [0.3, 0.4) is 0 Å². The molecule has 3 atom stereocenters. The van der Waals surface area contributed by atoms with Gasteiger partial charge in [-0.05, 0) is 88.6 Å². The van der Waals surface area contributed by atoms with Crippen molar-refractivity contribution in [3.8, 4) is 0 Å². The maximum absolute atomic E-state index is 14.2. The van der Waals surface area contributed by atoms with E-state index in [0.29, 0.717) is 5.52 Å². The fourth-order valence-corrected chi connectivity index (χ4v) is 6.00. The van der Waals surface area contributed by atoms with E-state index in [0.717, 1.165) is 33.3 Å². The van der Waals surface area contributed by atoms with Gasteiger partial charge in [0.2, 0.25) is 11.8 Å². The van der Waals surface area contributed by atoms with Crippen molar-refractivity contribution in [3.05, 3.63) is 82.5 Å². The highest BCUT2D eigenvalue weighted by Gasteiger charge is 2.34. The van der Waals surface area contributed by atoms with Crippen LogP contribution in [-0.4, -0.2) is 77.1 Å². The number of carbonyl (C=O) groups excluding carboxylic acids is 6. The number of esters is 3. The van der Waals surface area contributed by atoms with Crippen LogP contribution in [0.25, 0.3) is 21.7 Å². The van der Waals surface area contributed by atoms with Crippen LogP contribution in [0, 0.1) is 0 Å². The molecule has 0 saturated carbocycles. The molecule has 0 fully saturated rings. The van der Waals surface area contributed by atoms with Gasteiger partial charge >= 0.3 is 17.9 Å². The Morgan fingerprint density at radius 1 is 0.704 bits per heavy atom. The highest BCUT2D eigenvalue weighted by Crippen LogP contribution is 2.22. The van der Waals surface area contributed by atoms with E-state index in [1.54, 1.807) is 47.6 Å². The van der Waals surface area contributed by atoms with Gasteiger partial charge in [-0.1, -0.05) is 58.4 Å². The summed E-state index contributed by atoms with van der Waals surface area (Å²) in [5.74, 6) is -4.51. The number of rotatable bonds is 14. The minimum Gasteiger partial charge on any atom is -0.467 e. The summed E-state index contributed by atoms with van der Waals surface area (Å²) in [4.78, 5) is 82.9. The zero-order valence-electron chi connectivity index (χ0n) is 31.5. The Hall–Kier alpha value is -5.24. The number of halogens is 1. The van der Waals surface area contributed by atoms with Gasteiger partial charge in [0.05, 0.1) is 13.5 Å². The van der Waals surface area contributed by atoms with Crippen LogP contribution in [0.4, 0.5) is 0 Å². The summed E-state index contributed by atoms with van der Waals surface area (Å²) in [6.45, 7) is 10.1. The molecule has 0 aliphatic heterocycles. The molecule has 3 aromatic carbocycles. The van der Waals surface area contributed by atoms with E-state index in [2.05, 4.69) is 36.9 Å². The Morgan fingerprint density at radius 2 is 1.33 bits per heavy atom. The third kappa shape index (κ3) is 12.4. The smallest absolute Gasteiger partial charge is 0.328 e. The molecule has 0 saturated heterocycles. The molecular formula is C40H47BrN4O9. The van der Waals surface area contributed by atoms with Crippen LogP contribution in [0.2, 0.25) is 0 Å². The standard InChI is InChI=1S/C40H47BrN4O9/c1-39(2,3)53-33(46)17-16-29(38(51)52-7)43-37(50)32(22-34(47)54-40(4,5)6)45-35(48)30(19-23-12-13-24-10-8-9-11-25(24)18-23)44-36(49)31-21-26-20-27(41)14-15-28(26)42-31/h8-15,18,20-21,29-30,32,42H,16-17,19,22H2,1-7H3,(H,43,50)(H,44,49)(H,45,48)/t29-,30-,32-/m0/s1. The molecule has 0 spiro atoms. The molecule has 0 aliphatic rings. The van der Waals surface area contributed by atoms with E-state index < -0.39 is 71.4 Å². The van der Waals surface area contributed by atoms with E-state index in [1.807, 2.05) is 60.7 Å². The van der Waals surface area contributed by atoms with Gasteiger partial charge in [0, 0.05) is 28.2 Å². The molecule has 14 heteroatoms. The van der Waals surface area contributed by atoms with Gasteiger partial charge in [0.1, 0.15) is 35.0 Å². The lowest BCUT2D eigenvalue weighted by atomic mass is 10.0. The van der Waals surface area contributed by atoms with Gasteiger partial charge in [0.15, 0.2) is 0 Å². The number of nitrogens with one attached hydrogen (secondary N) is 4. The second-order valence-electron chi connectivity index (χ2n) is 14.9. The molecule has 3 amide bonds. The number of carbonyl (C=O) groups is 6. The molecule has 288 valence electrons. The Morgan fingerprint density at radius 3 is 2.00 bits per heavy atom.